The third-order valence-electron chi connectivity index (χ3n) is 3.95. The van der Waals surface area contributed by atoms with E-state index in [1.807, 2.05) is 33.8 Å². The van der Waals surface area contributed by atoms with Gasteiger partial charge in [-0.2, -0.15) is 5.10 Å². The molecule has 0 bridgehead atoms. The number of likely N-dealkylation sites (tertiary alicyclic amines) is 1. The molecular weight excluding hydrogens is 280 g/mol. The van der Waals surface area contributed by atoms with E-state index in [1.165, 1.54) is 0 Å². The summed E-state index contributed by atoms with van der Waals surface area (Å²) in [6, 6.07) is 1.86. The first-order chi connectivity index (χ1) is 10.2. The lowest BCUT2D eigenvalue weighted by atomic mass is 9.83. The lowest BCUT2D eigenvalue weighted by molar-refractivity contribution is 0.0153. The van der Waals surface area contributed by atoms with Crippen molar-refractivity contribution in [2.24, 2.45) is 5.92 Å². The summed E-state index contributed by atoms with van der Waals surface area (Å²) in [6.45, 7) is 11.1. The zero-order valence-corrected chi connectivity index (χ0v) is 14.1. The van der Waals surface area contributed by atoms with Crippen LogP contribution in [0.2, 0.25) is 0 Å². The Balaban J connectivity index is 2.05. The minimum Gasteiger partial charge on any atom is -0.444 e. The summed E-state index contributed by atoms with van der Waals surface area (Å²) in [5.74, 6) is 1.05. The summed E-state index contributed by atoms with van der Waals surface area (Å²) in [5.41, 5.74) is 7.26. The molecule has 2 heterocycles. The molecule has 2 rings (SSSR count). The van der Waals surface area contributed by atoms with Crippen molar-refractivity contribution in [3.63, 3.8) is 0 Å². The topological polar surface area (TPSA) is 81.3 Å². The summed E-state index contributed by atoms with van der Waals surface area (Å²) < 4.78 is 5.45. The first-order valence-corrected chi connectivity index (χ1v) is 7.75. The van der Waals surface area contributed by atoms with Gasteiger partial charge in [-0.1, -0.05) is 6.92 Å². The van der Waals surface area contributed by atoms with Gasteiger partial charge in [-0.15, -0.1) is 5.10 Å². The summed E-state index contributed by atoms with van der Waals surface area (Å²) >= 11 is 0. The number of piperidine rings is 1. The molecule has 6 heteroatoms. The normalized spacial score (nSPS) is 22.5. The van der Waals surface area contributed by atoms with Gasteiger partial charge in [-0.05, 0) is 51.7 Å². The maximum atomic E-state index is 12.2. The van der Waals surface area contributed by atoms with Gasteiger partial charge >= 0.3 is 6.09 Å². The second kappa shape index (κ2) is 6.10. The van der Waals surface area contributed by atoms with Crippen LogP contribution in [0.25, 0.3) is 0 Å². The number of rotatable bonds is 1. The highest BCUT2D eigenvalue weighted by Crippen LogP contribution is 2.33. The van der Waals surface area contributed by atoms with Crippen LogP contribution in [0.3, 0.4) is 0 Å². The molecule has 1 aliphatic rings. The van der Waals surface area contributed by atoms with Gasteiger partial charge in [0.15, 0.2) is 0 Å². The third kappa shape index (κ3) is 3.87. The van der Waals surface area contributed by atoms with Crippen molar-refractivity contribution in [2.75, 3.05) is 18.8 Å². The van der Waals surface area contributed by atoms with Crippen molar-refractivity contribution in [3.8, 4) is 0 Å². The highest BCUT2D eigenvalue weighted by molar-refractivity contribution is 5.68. The minimum atomic E-state index is -0.462. The summed E-state index contributed by atoms with van der Waals surface area (Å²) in [4.78, 5) is 14.0. The number of aromatic nitrogens is 2. The molecule has 1 saturated heterocycles. The predicted molar refractivity (Wildman–Crippen MR) is 85.5 cm³/mol. The smallest absolute Gasteiger partial charge is 0.410 e. The number of nitrogen functional groups attached to an aromatic ring is 1. The fourth-order valence-corrected chi connectivity index (χ4v) is 2.93. The van der Waals surface area contributed by atoms with E-state index < -0.39 is 5.60 Å². The molecule has 2 N–H and O–H groups in total. The monoisotopic (exact) mass is 306 g/mol. The maximum absolute atomic E-state index is 12.2. The largest absolute Gasteiger partial charge is 0.444 e. The second-order valence-electron chi connectivity index (χ2n) is 7.14. The molecule has 0 aromatic carbocycles. The average molecular weight is 306 g/mol. The van der Waals surface area contributed by atoms with Crippen molar-refractivity contribution in [1.82, 2.24) is 15.1 Å². The Morgan fingerprint density at radius 1 is 1.41 bits per heavy atom. The summed E-state index contributed by atoms with van der Waals surface area (Å²) in [6.07, 6.45) is 0.623. The summed E-state index contributed by atoms with van der Waals surface area (Å²) in [5, 5.41) is 8.25. The van der Waals surface area contributed by atoms with Crippen molar-refractivity contribution < 1.29 is 9.53 Å². The van der Waals surface area contributed by atoms with E-state index in [0.717, 1.165) is 17.7 Å². The van der Waals surface area contributed by atoms with Gasteiger partial charge < -0.3 is 15.4 Å². The lowest BCUT2D eigenvalue weighted by Gasteiger charge is -2.37. The van der Waals surface area contributed by atoms with Gasteiger partial charge in [0, 0.05) is 19.0 Å². The van der Waals surface area contributed by atoms with E-state index in [1.54, 1.807) is 4.90 Å². The molecular formula is C16H26N4O2. The molecule has 1 aromatic rings. The molecule has 22 heavy (non-hydrogen) atoms. The molecule has 0 spiro atoms. The number of carbonyl (C=O) groups excluding carboxylic acids is 1. The van der Waals surface area contributed by atoms with Crippen LogP contribution in [0, 0.1) is 12.8 Å². The fraction of sp³-hybridized carbons (Fsp3) is 0.688. The Hall–Kier alpha value is -1.85. The first kappa shape index (κ1) is 16.5. The third-order valence-corrected chi connectivity index (χ3v) is 3.95. The SMILES string of the molecule is Cc1cc(N)nnc1[C@H]1CCN(C(=O)OC(C)(C)C)CC1C. The molecule has 1 aliphatic heterocycles. The van der Waals surface area contributed by atoms with Gasteiger partial charge in [-0.25, -0.2) is 4.79 Å². The summed E-state index contributed by atoms with van der Waals surface area (Å²) in [7, 11) is 0. The molecule has 2 atom stereocenters. The highest BCUT2D eigenvalue weighted by atomic mass is 16.6. The average Bonchev–Trinajstić information content (AvgIpc) is 2.37. The molecule has 1 unspecified atom stereocenters. The molecule has 0 radical (unpaired) electrons. The Morgan fingerprint density at radius 3 is 2.64 bits per heavy atom. The van der Waals surface area contributed by atoms with E-state index in [-0.39, 0.29) is 6.09 Å². The van der Waals surface area contributed by atoms with Gasteiger partial charge in [0.1, 0.15) is 11.4 Å². The lowest BCUT2D eigenvalue weighted by Crippen LogP contribution is -2.44. The number of anilines is 1. The number of hydrogen-bond acceptors (Lipinski definition) is 5. The first-order valence-electron chi connectivity index (χ1n) is 7.75. The number of nitrogens with zero attached hydrogens (tertiary/aromatic N) is 3. The number of ether oxygens (including phenoxy) is 1. The number of nitrogens with two attached hydrogens (primary N) is 1. The molecule has 0 saturated carbocycles. The molecule has 6 nitrogen and oxygen atoms in total. The van der Waals surface area contributed by atoms with Crippen molar-refractivity contribution in [3.05, 3.63) is 17.3 Å². The fourth-order valence-electron chi connectivity index (χ4n) is 2.93. The van der Waals surface area contributed by atoms with E-state index in [9.17, 15) is 4.79 Å². The van der Waals surface area contributed by atoms with Gasteiger partial charge in [-0.3, -0.25) is 0 Å². The highest BCUT2D eigenvalue weighted by Gasteiger charge is 2.33. The molecule has 1 aromatic heterocycles. The number of carbonyl (C=O) groups is 1. The van der Waals surface area contributed by atoms with Crippen molar-refractivity contribution in [2.45, 2.75) is 52.6 Å². The van der Waals surface area contributed by atoms with Crippen LogP contribution >= 0.6 is 0 Å². The number of amides is 1. The zero-order valence-electron chi connectivity index (χ0n) is 14.1. The van der Waals surface area contributed by atoms with Crippen LogP contribution in [0.5, 0.6) is 0 Å². The number of hydrogen-bond donors (Lipinski definition) is 1. The standard InChI is InChI=1S/C16H26N4O2/c1-10-8-13(17)18-19-14(10)12-6-7-20(9-11(12)2)15(21)22-16(3,4)5/h8,11-12H,6-7,9H2,1-5H3,(H2,17,18)/t11?,12-/m0/s1. The van der Waals surface area contributed by atoms with Crippen molar-refractivity contribution >= 4 is 11.9 Å². The van der Waals surface area contributed by atoms with Crippen LogP contribution in [0.1, 0.15) is 51.3 Å². The minimum absolute atomic E-state index is 0.238. The van der Waals surface area contributed by atoms with Gasteiger partial charge in [0.25, 0.3) is 0 Å². The Morgan fingerprint density at radius 2 is 2.09 bits per heavy atom. The van der Waals surface area contributed by atoms with Crippen LogP contribution in [0.15, 0.2) is 6.07 Å². The van der Waals surface area contributed by atoms with Crippen LogP contribution in [-0.2, 0) is 4.74 Å². The van der Waals surface area contributed by atoms with E-state index >= 15 is 0 Å². The van der Waals surface area contributed by atoms with Crippen LogP contribution in [-0.4, -0.2) is 39.9 Å². The molecule has 0 aliphatic carbocycles. The zero-order chi connectivity index (χ0) is 16.5. The molecule has 1 fully saturated rings. The second-order valence-corrected chi connectivity index (χ2v) is 7.14. The van der Waals surface area contributed by atoms with Gasteiger partial charge in [0.2, 0.25) is 0 Å². The maximum Gasteiger partial charge on any atom is 0.410 e. The van der Waals surface area contributed by atoms with Crippen molar-refractivity contribution in [1.29, 1.82) is 0 Å². The molecule has 1 amide bonds. The van der Waals surface area contributed by atoms with Gasteiger partial charge in [0.05, 0.1) is 5.69 Å². The number of aryl methyl sites for hydroxylation is 1. The Labute approximate surface area is 132 Å². The van der Waals surface area contributed by atoms with E-state index in [0.29, 0.717) is 30.7 Å². The Kier molecular flexibility index (Phi) is 4.58. The van der Waals surface area contributed by atoms with E-state index in [4.69, 9.17) is 10.5 Å². The molecule has 122 valence electrons. The quantitative estimate of drug-likeness (QED) is 0.862. The van der Waals surface area contributed by atoms with Crippen LogP contribution < -0.4 is 5.73 Å². The van der Waals surface area contributed by atoms with E-state index in [2.05, 4.69) is 17.1 Å². The Bertz CT molecular complexity index is 554. The van der Waals surface area contributed by atoms with Crippen LogP contribution in [0.4, 0.5) is 10.6 Å². The predicted octanol–water partition coefficient (Wildman–Crippen LogP) is 2.73.